The Balaban J connectivity index is 3.31. The van der Waals surface area contributed by atoms with Crippen molar-refractivity contribution in [3.05, 3.63) is 0 Å². The van der Waals surface area contributed by atoms with Crippen LogP contribution in [0.25, 0.3) is 0 Å². The lowest BCUT2D eigenvalue weighted by Gasteiger charge is -2.17. The third-order valence-corrected chi connectivity index (χ3v) is 2.82. The van der Waals surface area contributed by atoms with Gasteiger partial charge in [0.15, 0.2) is 6.23 Å². The average Bonchev–Trinajstić information content (AvgIpc) is 2.24. The van der Waals surface area contributed by atoms with Crippen LogP contribution in [0.4, 0.5) is 0 Å². The van der Waals surface area contributed by atoms with Crippen LogP contribution in [0, 0.1) is 5.41 Å². The van der Waals surface area contributed by atoms with Gasteiger partial charge in [-0.3, -0.25) is 10.1 Å². The van der Waals surface area contributed by atoms with Crippen molar-refractivity contribution in [2.75, 3.05) is 6.54 Å². The normalized spacial score (nSPS) is 13.4. The molecule has 1 atom stereocenters. The van der Waals surface area contributed by atoms with E-state index in [1.165, 1.54) is 25.7 Å². The van der Waals surface area contributed by atoms with Gasteiger partial charge in [0.05, 0.1) is 0 Å². The highest BCUT2D eigenvalue weighted by molar-refractivity contribution is 5.37. The van der Waals surface area contributed by atoms with E-state index in [-0.39, 0.29) is 6.23 Å². The molecule has 1 N–H and O–H groups in total. The highest BCUT2D eigenvalue weighted by Crippen LogP contribution is 2.22. The Morgan fingerprint density at radius 1 is 1.18 bits per heavy atom. The van der Waals surface area contributed by atoms with Crippen molar-refractivity contribution in [1.82, 2.24) is 5.32 Å². The number of unbranched alkanes of at least 4 members (excludes halogenated alkanes) is 3. The molecule has 0 heterocycles. The topological polar surface area (TPSA) is 38.3 Å². The Kier molecular flexibility index (Phi) is 9.14. The Hall–Kier alpha value is -0.570. The summed E-state index contributed by atoms with van der Waals surface area (Å²) < 4.78 is 4.87. The third kappa shape index (κ3) is 11.7. The molecule has 0 fully saturated rings. The van der Waals surface area contributed by atoms with Crippen LogP contribution < -0.4 is 5.32 Å². The quantitative estimate of drug-likeness (QED) is 0.363. The van der Waals surface area contributed by atoms with Gasteiger partial charge in [0.2, 0.25) is 0 Å². The number of hydrogen-bond donors (Lipinski definition) is 1. The van der Waals surface area contributed by atoms with Gasteiger partial charge in [-0.1, -0.05) is 47.0 Å². The second-order valence-electron chi connectivity index (χ2n) is 5.81. The summed E-state index contributed by atoms with van der Waals surface area (Å²) >= 11 is 0. The van der Waals surface area contributed by atoms with Crippen molar-refractivity contribution >= 4 is 6.47 Å². The van der Waals surface area contributed by atoms with Gasteiger partial charge in [-0.05, 0) is 31.2 Å². The van der Waals surface area contributed by atoms with Gasteiger partial charge in [-0.25, -0.2) is 0 Å². The highest BCUT2D eigenvalue weighted by Gasteiger charge is 2.08. The summed E-state index contributed by atoms with van der Waals surface area (Å²) in [6, 6.07) is 0. The van der Waals surface area contributed by atoms with Crippen molar-refractivity contribution in [1.29, 1.82) is 0 Å². The number of carbonyl (C=O) groups is 1. The zero-order valence-electron chi connectivity index (χ0n) is 11.9. The lowest BCUT2D eigenvalue weighted by molar-refractivity contribution is -0.135. The molecule has 0 aromatic rings. The summed E-state index contributed by atoms with van der Waals surface area (Å²) in [4.78, 5) is 10.2. The smallest absolute Gasteiger partial charge is 0.294 e. The fraction of sp³-hybridized carbons (Fsp3) is 0.929. The maximum absolute atomic E-state index is 10.2. The van der Waals surface area contributed by atoms with Crippen molar-refractivity contribution < 1.29 is 9.53 Å². The van der Waals surface area contributed by atoms with Crippen LogP contribution in [0.1, 0.15) is 66.2 Å². The van der Waals surface area contributed by atoms with Gasteiger partial charge in [0.1, 0.15) is 0 Å². The highest BCUT2D eigenvalue weighted by atomic mass is 16.5. The minimum Gasteiger partial charge on any atom is -0.449 e. The summed E-state index contributed by atoms with van der Waals surface area (Å²) in [5, 5.41) is 3.22. The zero-order valence-corrected chi connectivity index (χ0v) is 11.9. The standard InChI is InChI=1S/C14H29NO2/c1-5-13(17-12-16)15-11-9-7-6-8-10-14(2,3)4/h12-13,15H,5-11H2,1-4H3. The first-order chi connectivity index (χ1) is 7.99. The van der Waals surface area contributed by atoms with E-state index in [4.69, 9.17) is 4.74 Å². The predicted molar refractivity (Wildman–Crippen MR) is 71.8 cm³/mol. The van der Waals surface area contributed by atoms with Crippen LogP contribution >= 0.6 is 0 Å². The van der Waals surface area contributed by atoms with Crippen molar-refractivity contribution in [3.63, 3.8) is 0 Å². The van der Waals surface area contributed by atoms with Gasteiger partial charge >= 0.3 is 0 Å². The summed E-state index contributed by atoms with van der Waals surface area (Å²) in [6.07, 6.45) is 7.02. The lowest BCUT2D eigenvalue weighted by atomic mass is 9.89. The van der Waals surface area contributed by atoms with Crippen molar-refractivity contribution in [2.45, 2.75) is 72.4 Å². The van der Waals surface area contributed by atoms with Gasteiger partial charge in [-0.15, -0.1) is 0 Å². The summed E-state index contributed by atoms with van der Waals surface area (Å²) in [5.74, 6) is 0. The van der Waals surface area contributed by atoms with E-state index in [1.807, 2.05) is 6.92 Å². The molecule has 0 radical (unpaired) electrons. The second kappa shape index (κ2) is 9.46. The molecule has 3 nitrogen and oxygen atoms in total. The molecule has 0 aliphatic heterocycles. The maximum Gasteiger partial charge on any atom is 0.294 e. The molecular formula is C14H29NO2. The fourth-order valence-corrected chi connectivity index (χ4v) is 1.75. The second-order valence-corrected chi connectivity index (χ2v) is 5.81. The van der Waals surface area contributed by atoms with E-state index < -0.39 is 0 Å². The Bertz CT molecular complexity index is 187. The third-order valence-electron chi connectivity index (χ3n) is 2.82. The number of carbonyl (C=O) groups excluding carboxylic acids is 1. The minimum absolute atomic E-state index is 0.109. The Labute approximate surface area is 106 Å². The van der Waals surface area contributed by atoms with E-state index in [0.29, 0.717) is 11.9 Å². The van der Waals surface area contributed by atoms with Crippen LogP contribution in [0.5, 0.6) is 0 Å². The van der Waals surface area contributed by atoms with E-state index in [2.05, 4.69) is 26.1 Å². The summed E-state index contributed by atoms with van der Waals surface area (Å²) in [5.41, 5.74) is 0.462. The molecule has 0 saturated carbocycles. The monoisotopic (exact) mass is 243 g/mol. The molecule has 102 valence electrons. The first-order valence-corrected chi connectivity index (χ1v) is 6.82. The van der Waals surface area contributed by atoms with Crippen molar-refractivity contribution in [3.8, 4) is 0 Å². The number of nitrogens with one attached hydrogen (secondary N) is 1. The first kappa shape index (κ1) is 16.4. The maximum atomic E-state index is 10.2. The first-order valence-electron chi connectivity index (χ1n) is 6.82. The molecule has 0 aliphatic rings. The zero-order chi connectivity index (χ0) is 13.1. The van der Waals surface area contributed by atoms with Gasteiger partial charge in [0, 0.05) is 0 Å². The molecule has 1 unspecified atom stereocenters. The van der Waals surface area contributed by atoms with Gasteiger partial charge in [0.25, 0.3) is 6.47 Å². The van der Waals surface area contributed by atoms with E-state index >= 15 is 0 Å². The van der Waals surface area contributed by atoms with Crippen LogP contribution in [-0.2, 0) is 9.53 Å². The lowest BCUT2D eigenvalue weighted by Crippen LogP contribution is -2.31. The summed E-state index contributed by atoms with van der Waals surface area (Å²) in [7, 11) is 0. The molecule has 0 aromatic heterocycles. The van der Waals surface area contributed by atoms with Crippen LogP contribution in [-0.4, -0.2) is 19.2 Å². The molecule has 0 aliphatic carbocycles. The van der Waals surface area contributed by atoms with Gasteiger partial charge < -0.3 is 4.74 Å². The Morgan fingerprint density at radius 2 is 1.82 bits per heavy atom. The molecule has 0 bridgehead atoms. The minimum atomic E-state index is -0.109. The predicted octanol–water partition coefficient (Wildman–Crippen LogP) is 3.48. The van der Waals surface area contributed by atoms with Crippen LogP contribution in [0.3, 0.4) is 0 Å². The van der Waals surface area contributed by atoms with E-state index in [1.54, 1.807) is 0 Å². The molecule has 0 amide bonds. The molecular weight excluding hydrogens is 214 g/mol. The molecule has 0 saturated heterocycles. The van der Waals surface area contributed by atoms with Crippen LogP contribution in [0.15, 0.2) is 0 Å². The van der Waals surface area contributed by atoms with Crippen molar-refractivity contribution in [2.24, 2.45) is 5.41 Å². The molecule has 3 heteroatoms. The largest absolute Gasteiger partial charge is 0.449 e. The Morgan fingerprint density at radius 3 is 2.35 bits per heavy atom. The number of rotatable bonds is 10. The molecule has 0 rings (SSSR count). The van der Waals surface area contributed by atoms with E-state index in [0.717, 1.165) is 19.4 Å². The molecule has 17 heavy (non-hydrogen) atoms. The number of ether oxygens (including phenoxy) is 1. The molecule has 0 spiro atoms. The SMILES string of the molecule is CCC(NCCCCCCC(C)(C)C)OC=O. The number of hydrogen-bond acceptors (Lipinski definition) is 3. The fourth-order valence-electron chi connectivity index (χ4n) is 1.75. The van der Waals surface area contributed by atoms with Crippen LogP contribution in [0.2, 0.25) is 0 Å². The van der Waals surface area contributed by atoms with E-state index in [9.17, 15) is 4.79 Å². The molecule has 0 aromatic carbocycles. The summed E-state index contributed by atoms with van der Waals surface area (Å²) in [6.45, 7) is 10.3. The average molecular weight is 243 g/mol. The van der Waals surface area contributed by atoms with Gasteiger partial charge in [-0.2, -0.15) is 0 Å².